The summed E-state index contributed by atoms with van der Waals surface area (Å²) < 4.78 is 0. The Morgan fingerprint density at radius 2 is 2.20 bits per heavy atom. The zero-order valence-electron chi connectivity index (χ0n) is 11.3. The monoisotopic (exact) mass is 261 g/mol. The van der Waals surface area contributed by atoms with Gasteiger partial charge in [-0.2, -0.15) is 0 Å². The maximum Gasteiger partial charge on any atom is 0.114 e. The molecule has 20 heavy (non-hydrogen) atoms. The first-order valence-electron chi connectivity index (χ1n) is 6.88. The molecule has 4 rings (SSSR count). The first-order valence-corrected chi connectivity index (χ1v) is 6.88. The molecule has 1 unspecified atom stereocenters. The fraction of sp³-hybridized carbons (Fsp3) is 0.176. The number of rotatable bonds is 1. The SMILES string of the molecule is CC1=C(c2cccc3cnccc23)C2CC=CN=C2N1. The highest BCUT2D eigenvalue weighted by atomic mass is 15.0. The number of hydrogen-bond acceptors (Lipinski definition) is 3. The maximum atomic E-state index is 4.47. The minimum Gasteiger partial charge on any atom is -0.347 e. The molecule has 2 aliphatic heterocycles. The third-order valence-corrected chi connectivity index (χ3v) is 4.06. The minimum absolute atomic E-state index is 0.360. The van der Waals surface area contributed by atoms with Crippen molar-refractivity contribution in [2.24, 2.45) is 10.9 Å². The van der Waals surface area contributed by atoms with E-state index in [4.69, 9.17) is 0 Å². The van der Waals surface area contributed by atoms with Crippen LogP contribution in [0.2, 0.25) is 0 Å². The number of allylic oxidation sites excluding steroid dienone is 2. The average Bonchev–Trinajstić information content (AvgIpc) is 2.82. The van der Waals surface area contributed by atoms with Gasteiger partial charge in [0, 0.05) is 35.6 Å². The van der Waals surface area contributed by atoms with Crippen LogP contribution in [0.4, 0.5) is 0 Å². The van der Waals surface area contributed by atoms with E-state index in [0.717, 1.165) is 12.3 Å². The van der Waals surface area contributed by atoms with Crippen molar-refractivity contribution in [2.75, 3.05) is 0 Å². The van der Waals surface area contributed by atoms with Crippen molar-refractivity contribution in [3.63, 3.8) is 0 Å². The Balaban J connectivity index is 1.93. The van der Waals surface area contributed by atoms with Crippen LogP contribution in [0.25, 0.3) is 16.3 Å². The van der Waals surface area contributed by atoms with Crippen LogP contribution >= 0.6 is 0 Å². The first kappa shape index (κ1) is 11.4. The Bertz CT molecular complexity index is 778. The summed E-state index contributed by atoms with van der Waals surface area (Å²) in [6.07, 6.45) is 8.83. The summed E-state index contributed by atoms with van der Waals surface area (Å²) >= 11 is 0. The topological polar surface area (TPSA) is 37.3 Å². The number of pyridine rings is 1. The summed E-state index contributed by atoms with van der Waals surface area (Å²) in [6, 6.07) is 8.51. The van der Waals surface area contributed by atoms with Gasteiger partial charge in [0.25, 0.3) is 0 Å². The lowest BCUT2D eigenvalue weighted by Crippen LogP contribution is -2.22. The lowest BCUT2D eigenvalue weighted by molar-refractivity contribution is 0.880. The molecule has 3 heterocycles. The van der Waals surface area contributed by atoms with E-state index in [0.29, 0.717) is 5.92 Å². The molecule has 0 bridgehead atoms. The van der Waals surface area contributed by atoms with E-state index in [-0.39, 0.29) is 0 Å². The Morgan fingerprint density at radius 3 is 3.15 bits per heavy atom. The Labute approximate surface area is 117 Å². The number of amidine groups is 1. The van der Waals surface area contributed by atoms with Crippen molar-refractivity contribution < 1.29 is 0 Å². The van der Waals surface area contributed by atoms with Gasteiger partial charge in [0.1, 0.15) is 5.84 Å². The molecule has 1 atom stereocenters. The Kier molecular flexibility index (Phi) is 2.46. The number of aromatic nitrogens is 1. The van der Waals surface area contributed by atoms with Crippen LogP contribution in [0.1, 0.15) is 18.9 Å². The van der Waals surface area contributed by atoms with Crippen LogP contribution < -0.4 is 5.32 Å². The number of benzene rings is 1. The predicted molar refractivity (Wildman–Crippen MR) is 82.2 cm³/mol. The summed E-state index contributed by atoms with van der Waals surface area (Å²) in [6.45, 7) is 2.14. The fourth-order valence-corrected chi connectivity index (χ4v) is 3.17. The van der Waals surface area contributed by atoms with Crippen molar-refractivity contribution in [1.82, 2.24) is 10.3 Å². The molecule has 0 spiro atoms. The summed E-state index contributed by atoms with van der Waals surface area (Å²) in [5, 5.41) is 5.87. The largest absolute Gasteiger partial charge is 0.347 e. The second-order valence-electron chi connectivity index (χ2n) is 5.25. The molecule has 3 heteroatoms. The van der Waals surface area contributed by atoms with Crippen LogP contribution in [0.5, 0.6) is 0 Å². The maximum absolute atomic E-state index is 4.47. The van der Waals surface area contributed by atoms with Crippen LogP contribution in [-0.2, 0) is 0 Å². The van der Waals surface area contributed by atoms with E-state index >= 15 is 0 Å². The zero-order chi connectivity index (χ0) is 13.5. The van der Waals surface area contributed by atoms with E-state index < -0.39 is 0 Å². The molecule has 98 valence electrons. The van der Waals surface area contributed by atoms with Gasteiger partial charge >= 0.3 is 0 Å². The van der Waals surface area contributed by atoms with Crippen LogP contribution in [0.15, 0.2) is 59.6 Å². The molecular formula is C17H15N3. The van der Waals surface area contributed by atoms with E-state index in [9.17, 15) is 0 Å². The lowest BCUT2D eigenvalue weighted by Gasteiger charge is -2.17. The zero-order valence-corrected chi connectivity index (χ0v) is 11.3. The summed E-state index contributed by atoms with van der Waals surface area (Å²) in [5.74, 6) is 1.44. The number of nitrogens with zero attached hydrogens (tertiary/aromatic N) is 2. The summed E-state index contributed by atoms with van der Waals surface area (Å²) in [7, 11) is 0. The molecule has 1 N–H and O–H groups in total. The summed E-state index contributed by atoms with van der Waals surface area (Å²) in [4.78, 5) is 8.68. The molecule has 0 radical (unpaired) electrons. The number of hydrogen-bond donors (Lipinski definition) is 1. The predicted octanol–water partition coefficient (Wildman–Crippen LogP) is 3.50. The molecule has 0 saturated carbocycles. The standard InChI is InChI=1S/C17H15N3/c1-11-16(15-6-3-8-19-17(15)20-11)14-5-2-4-12-10-18-9-7-13(12)14/h2-5,7-10,15H,6H2,1H3,(H,19,20). The molecule has 1 aromatic heterocycles. The number of nitrogens with one attached hydrogen (secondary N) is 1. The lowest BCUT2D eigenvalue weighted by atomic mass is 9.87. The van der Waals surface area contributed by atoms with Gasteiger partial charge in [-0.05, 0) is 35.9 Å². The molecular weight excluding hydrogens is 246 g/mol. The molecule has 0 saturated heterocycles. The highest BCUT2D eigenvalue weighted by Gasteiger charge is 2.31. The molecule has 3 nitrogen and oxygen atoms in total. The van der Waals surface area contributed by atoms with Crippen molar-refractivity contribution in [1.29, 1.82) is 0 Å². The first-order chi connectivity index (χ1) is 9.84. The number of aliphatic imine (C=N–C) groups is 1. The van der Waals surface area contributed by atoms with Crippen molar-refractivity contribution in [3.8, 4) is 0 Å². The smallest absolute Gasteiger partial charge is 0.114 e. The van der Waals surface area contributed by atoms with Crippen LogP contribution in [0.3, 0.4) is 0 Å². The van der Waals surface area contributed by atoms with Gasteiger partial charge in [0.15, 0.2) is 0 Å². The molecule has 1 aromatic carbocycles. The van der Waals surface area contributed by atoms with Gasteiger partial charge in [0.05, 0.1) is 0 Å². The third-order valence-electron chi connectivity index (χ3n) is 4.06. The van der Waals surface area contributed by atoms with Crippen molar-refractivity contribution in [3.05, 3.63) is 60.2 Å². The van der Waals surface area contributed by atoms with E-state index in [1.54, 1.807) is 0 Å². The second kappa shape index (κ2) is 4.30. The second-order valence-corrected chi connectivity index (χ2v) is 5.25. The Hall–Kier alpha value is -2.42. The highest BCUT2D eigenvalue weighted by Crippen LogP contribution is 2.38. The van der Waals surface area contributed by atoms with Gasteiger partial charge in [-0.3, -0.25) is 4.98 Å². The average molecular weight is 261 g/mol. The van der Waals surface area contributed by atoms with Crippen molar-refractivity contribution >= 4 is 22.2 Å². The molecule has 0 fully saturated rings. The van der Waals surface area contributed by atoms with Gasteiger partial charge in [-0.25, -0.2) is 4.99 Å². The third kappa shape index (κ3) is 1.59. The van der Waals surface area contributed by atoms with Crippen LogP contribution in [0, 0.1) is 5.92 Å². The van der Waals surface area contributed by atoms with Crippen LogP contribution in [-0.4, -0.2) is 10.8 Å². The molecule has 2 aliphatic rings. The fourth-order valence-electron chi connectivity index (χ4n) is 3.17. The minimum atomic E-state index is 0.360. The van der Waals surface area contributed by atoms with Gasteiger partial charge < -0.3 is 5.32 Å². The van der Waals surface area contributed by atoms with Crippen molar-refractivity contribution in [2.45, 2.75) is 13.3 Å². The highest BCUT2D eigenvalue weighted by molar-refractivity contribution is 6.07. The van der Waals surface area contributed by atoms with E-state index in [2.05, 4.69) is 52.6 Å². The molecule has 2 aromatic rings. The molecule has 0 amide bonds. The van der Waals surface area contributed by atoms with E-state index in [1.165, 1.54) is 27.6 Å². The van der Waals surface area contributed by atoms with Gasteiger partial charge in [-0.15, -0.1) is 0 Å². The Morgan fingerprint density at radius 1 is 1.25 bits per heavy atom. The number of fused-ring (bicyclic) bond motifs is 2. The van der Waals surface area contributed by atoms with E-state index in [1.807, 2.05) is 18.6 Å². The summed E-state index contributed by atoms with van der Waals surface area (Å²) in [5.41, 5.74) is 3.87. The van der Waals surface area contributed by atoms with Gasteiger partial charge in [0.2, 0.25) is 0 Å². The quantitative estimate of drug-likeness (QED) is 0.853. The van der Waals surface area contributed by atoms with Gasteiger partial charge in [-0.1, -0.05) is 24.3 Å². The molecule has 0 aliphatic carbocycles. The normalized spacial score (nSPS) is 20.9.